The van der Waals surface area contributed by atoms with Crippen LogP contribution in [0.15, 0.2) is 24.3 Å². The fraction of sp³-hybridized carbons (Fsp3) is 0.455. The van der Waals surface area contributed by atoms with Crippen molar-refractivity contribution < 1.29 is 69.1 Å². The van der Waals surface area contributed by atoms with Crippen molar-refractivity contribution in [3.63, 3.8) is 0 Å². The number of rotatable bonds is 2. The smallest absolute Gasteiger partial charge is 0.445 e. The Hall–Kier alpha value is 0.671. The predicted molar refractivity (Wildman–Crippen MR) is 57.7 cm³/mol. The number of benzene rings is 1. The van der Waals surface area contributed by atoms with Gasteiger partial charge in [0.1, 0.15) is 0 Å². The van der Waals surface area contributed by atoms with E-state index in [0.29, 0.717) is 6.61 Å². The summed E-state index contributed by atoms with van der Waals surface area (Å²) in [5.41, 5.74) is 0.308. The van der Waals surface area contributed by atoms with Crippen molar-refractivity contribution in [1.82, 2.24) is 0 Å². The van der Waals surface area contributed by atoms with E-state index < -0.39 is 12.4 Å². The maximum absolute atomic E-state index is 12.4. The first-order valence-corrected chi connectivity index (χ1v) is 5.49. The van der Waals surface area contributed by atoms with Crippen molar-refractivity contribution >= 4 is 12.4 Å². The number of ether oxygens (including phenoxy) is 1. The minimum absolute atomic E-state index is 0. The van der Waals surface area contributed by atoms with E-state index >= 15 is 0 Å². The zero-order valence-corrected chi connectivity index (χ0v) is 13.0. The molecule has 0 aliphatic carbocycles. The number of hydrogen-bond donors (Lipinski definition) is 0. The monoisotopic (exact) mass is 268 g/mol. The van der Waals surface area contributed by atoms with E-state index in [1.54, 1.807) is 0 Å². The molecule has 0 spiro atoms. The summed E-state index contributed by atoms with van der Waals surface area (Å²) >= 11 is 0. The first-order valence-electron chi connectivity index (χ1n) is 5.49. The minimum Gasteiger partial charge on any atom is -0.445 e. The molecule has 0 saturated carbocycles. The molecule has 1 heterocycles. The molecule has 0 N–H and O–H groups in total. The van der Waals surface area contributed by atoms with Crippen molar-refractivity contribution in [3.05, 3.63) is 29.8 Å². The summed E-state index contributed by atoms with van der Waals surface area (Å²) in [6, 6.07) is 5.35. The van der Waals surface area contributed by atoms with Gasteiger partial charge in [-0.2, -0.15) is 0 Å². The Morgan fingerprint density at radius 2 is 1.71 bits per heavy atom. The molecule has 88 valence electrons. The molecule has 0 aromatic heterocycles. The number of hydrogen-bond acceptors (Lipinski definition) is 1. The molecule has 6 heteroatoms. The topological polar surface area (TPSA) is 9.23 Å². The Labute approximate surface area is 142 Å². The van der Waals surface area contributed by atoms with Crippen LogP contribution >= 0.6 is 0 Å². The van der Waals surface area contributed by atoms with E-state index in [-0.39, 0.29) is 57.5 Å². The van der Waals surface area contributed by atoms with Crippen LogP contribution in [-0.4, -0.2) is 13.6 Å². The third-order valence-corrected chi connectivity index (χ3v) is 2.87. The van der Waals surface area contributed by atoms with Crippen LogP contribution in [0.1, 0.15) is 30.9 Å². The standard InChI is InChI=1S/C11H13BF3O.K/c13-12(14,15)10-6-4-9(5-7-10)11-3-1-2-8-16-11;/h4-7,11H,1-3,8H2;/q-1;+1. The van der Waals surface area contributed by atoms with Gasteiger partial charge >= 0.3 is 58.4 Å². The molecule has 1 fully saturated rings. The normalized spacial score (nSPS) is 20.8. The molecule has 0 bridgehead atoms. The Kier molecular flexibility index (Phi) is 6.22. The van der Waals surface area contributed by atoms with Gasteiger partial charge in [-0.3, -0.25) is 0 Å². The third kappa shape index (κ3) is 4.37. The minimum atomic E-state index is -4.88. The molecule has 2 rings (SSSR count). The zero-order chi connectivity index (χ0) is 11.6. The van der Waals surface area contributed by atoms with E-state index in [2.05, 4.69) is 0 Å². The van der Waals surface area contributed by atoms with Crippen LogP contribution in [0.3, 0.4) is 0 Å². The SMILES string of the molecule is F[B-](F)(F)c1ccc(C2CCCCO2)cc1.[K+]. The van der Waals surface area contributed by atoms with Crippen molar-refractivity contribution in [2.45, 2.75) is 25.4 Å². The molecule has 1 atom stereocenters. The van der Waals surface area contributed by atoms with E-state index in [4.69, 9.17) is 4.74 Å². The summed E-state index contributed by atoms with van der Waals surface area (Å²) in [6.07, 6.45) is 3.00. The summed E-state index contributed by atoms with van der Waals surface area (Å²) in [5, 5.41) is 0. The Bertz CT molecular complexity index is 347. The van der Waals surface area contributed by atoms with Crippen molar-refractivity contribution in [2.75, 3.05) is 6.61 Å². The van der Waals surface area contributed by atoms with E-state index in [1.165, 1.54) is 12.1 Å². The predicted octanol–water partition coefficient (Wildman–Crippen LogP) is -0.0134. The van der Waals surface area contributed by atoms with Crippen LogP contribution in [0.4, 0.5) is 12.9 Å². The largest absolute Gasteiger partial charge is 1.00 e. The van der Waals surface area contributed by atoms with Crippen LogP contribution in [0, 0.1) is 0 Å². The van der Waals surface area contributed by atoms with Gasteiger partial charge < -0.3 is 17.7 Å². The van der Waals surface area contributed by atoms with E-state index in [0.717, 1.165) is 37.0 Å². The second-order valence-corrected chi connectivity index (χ2v) is 4.10. The van der Waals surface area contributed by atoms with Crippen molar-refractivity contribution in [2.24, 2.45) is 0 Å². The molecular formula is C11H13BF3KO. The molecule has 1 saturated heterocycles. The molecule has 1 aromatic carbocycles. The summed E-state index contributed by atoms with van der Waals surface area (Å²) in [7, 11) is 0. The Morgan fingerprint density at radius 1 is 1.06 bits per heavy atom. The average Bonchev–Trinajstić information content (AvgIpc) is 2.29. The maximum atomic E-state index is 12.4. The maximum Gasteiger partial charge on any atom is 1.00 e. The molecule has 1 aliphatic rings. The van der Waals surface area contributed by atoms with Crippen LogP contribution in [-0.2, 0) is 4.74 Å². The molecule has 1 aromatic rings. The fourth-order valence-electron chi connectivity index (χ4n) is 1.93. The van der Waals surface area contributed by atoms with Gasteiger partial charge in [-0.15, -0.1) is 5.46 Å². The van der Waals surface area contributed by atoms with Crippen LogP contribution in [0.25, 0.3) is 0 Å². The van der Waals surface area contributed by atoms with E-state index in [9.17, 15) is 12.9 Å². The molecule has 17 heavy (non-hydrogen) atoms. The quantitative estimate of drug-likeness (QED) is 0.685. The van der Waals surface area contributed by atoms with Gasteiger partial charge in [0.05, 0.1) is 6.10 Å². The van der Waals surface area contributed by atoms with Gasteiger partial charge in [-0.1, -0.05) is 24.3 Å². The summed E-state index contributed by atoms with van der Waals surface area (Å²) in [6.45, 7) is -4.18. The van der Waals surface area contributed by atoms with E-state index in [1.807, 2.05) is 0 Å². The zero-order valence-electron chi connectivity index (χ0n) is 9.83. The van der Waals surface area contributed by atoms with Crippen LogP contribution in [0.2, 0.25) is 0 Å². The molecule has 1 aliphatic heterocycles. The second-order valence-electron chi connectivity index (χ2n) is 4.10. The van der Waals surface area contributed by atoms with Gasteiger partial charge in [-0.05, 0) is 24.8 Å². The third-order valence-electron chi connectivity index (χ3n) is 2.87. The molecule has 0 amide bonds. The second kappa shape index (κ2) is 6.73. The van der Waals surface area contributed by atoms with Gasteiger partial charge in [0.2, 0.25) is 0 Å². The number of halogens is 3. The van der Waals surface area contributed by atoms with Crippen molar-refractivity contribution in [3.8, 4) is 0 Å². The fourth-order valence-corrected chi connectivity index (χ4v) is 1.93. The van der Waals surface area contributed by atoms with Gasteiger partial charge in [0.15, 0.2) is 0 Å². The Morgan fingerprint density at radius 3 is 2.18 bits per heavy atom. The first-order chi connectivity index (χ1) is 7.57. The molecule has 0 radical (unpaired) electrons. The summed E-state index contributed by atoms with van der Waals surface area (Å²) in [4.78, 5) is 0. The molecular weight excluding hydrogens is 255 g/mol. The van der Waals surface area contributed by atoms with Gasteiger partial charge in [-0.25, -0.2) is 0 Å². The van der Waals surface area contributed by atoms with Gasteiger partial charge in [0, 0.05) is 6.61 Å². The molecule has 1 unspecified atom stereocenters. The first kappa shape index (κ1) is 15.7. The Balaban J connectivity index is 0.00000144. The van der Waals surface area contributed by atoms with Crippen LogP contribution < -0.4 is 56.8 Å². The van der Waals surface area contributed by atoms with Crippen LogP contribution in [0.5, 0.6) is 0 Å². The summed E-state index contributed by atoms with van der Waals surface area (Å²) < 4.78 is 42.7. The van der Waals surface area contributed by atoms with Crippen molar-refractivity contribution in [1.29, 1.82) is 0 Å². The average molecular weight is 268 g/mol. The van der Waals surface area contributed by atoms with Gasteiger partial charge in [0.25, 0.3) is 0 Å². The summed E-state index contributed by atoms with van der Waals surface area (Å²) in [5.74, 6) is 0. The molecule has 1 nitrogen and oxygen atoms in total.